The Morgan fingerprint density at radius 3 is 2.75 bits per heavy atom. The van der Waals surface area contributed by atoms with Crippen LogP contribution in [0, 0.1) is 0 Å². The average molecular weight is 349 g/mol. The van der Waals surface area contributed by atoms with Gasteiger partial charge in [-0.05, 0) is 24.1 Å². The summed E-state index contributed by atoms with van der Waals surface area (Å²) in [7, 11) is 3.18. The molecule has 0 aliphatic heterocycles. The maximum atomic E-state index is 11.8. The lowest BCUT2D eigenvalue weighted by Crippen LogP contribution is -2.27. The van der Waals surface area contributed by atoms with Crippen molar-refractivity contribution in [2.75, 3.05) is 32.3 Å². The van der Waals surface area contributed by atoms with Gasteiger partial charge in [-0.3, -0.25) is 4.79 Å². The van der Waals surface area contributed by atoms with Crippen LogP contribution in [0.3, 0.4) is 0 Å². The van der Waals surface area contributed by atoms with E-state index in [1.54, 1.807) is 14.2 Å². The first-order valence-electron chi connectivity index (χ1n) is 7.17. The fourth-order valence-corrected chi connectivity index (χ4v) is 2.57. The van der Waals surface area contributed by atoms with E-state index in [-0.39, 0.29) is 17.6 Å². The van der Waals surface area contributed by atoms with E-state index in [0.29, 0.717) is 29.6 Å². The Morgan fingerprint density at radius 2 is 2.04 bits per heavy atom. The first-order chi connectivity index (χ1) is 11.6. The first kappa shape index (κ1) is 17.8. The molecule has 1 amide bonds. The van der Waals surface area contributed by atoms with E-state index in [1.807, 2.05) is 18.2 Å². The van der Waals surface area contributed by atoms with Crippen molar-refractivity contribution in [3.63, 3.8) is 0 Å². The predicted octanol–water partition coefficient (Wildman–Crippen LogP) is 0.922. The molecule has 0 bridgehead atoms. The second-order valence-electron chi connectivity index (χ2n) is 4.70. The van der Waals surface area contributed by atoms with Crippen molar-refractivity contribution in [2.24, 2.45) is 0 Å². The van der Waals surface area contributed by atoms with Gasteiger partial charge >= 0.3 is 0 Å². The van der Waals surface area contributed by atoms with Crippen LogP contribution in [0.15, 0.2) is 29.7 Å². The summed E-state index contributed by atoms with van der Waals surface area (Å²) in [5.41, 5.74) is 6.51. The smallest absolute Gasteiger partial charge is 0.230 e. The number of nitrogens with one attached hydrogen (secondary N) is 1. The van der Waals surface area contributed by atoms with Crippen molar-refractivity contribution in [3.8, 4) is 11.5 Å². The molecule has 0 fully saturated rings. The summed E-state index contributed by atoms with van der Waals surface area (Å²) >= 11 is 1.21. The van der Waals surface area contributed by atoms with Gasteiger partial charge in [-0.2, -0.15) is 4.98 Å². The minimum absolute atomic E-state index is 0.0977. The van der Waals surface area contributed by atoms with Gasteiger partial charge in [-0.15, -0.1) is 0 Å². The maximum Gasteiger partial charge on any atom is 0.230 e. The standard InChI is InChI=1S/C15H19N5O3S/c1-22-11-4-3-10(7-12(11)23-2)5-6-17-13(21)8-24-15-19-9-18-14(16)20-15/h3-4,7,9H,5-6,8H2,1-2H3,(H,17,21)(H2,16,18,19,20). The zero-order chi connectivity index (χ0) is 17.4. The summed E-state index contributed by atoms with van der Waals surface area (Å²) in [6.07, 6.45) is 2.01. The monoisotopic (exact) mass is 349 g/mol. The lowest BCUT2D eigenvalue weighted by Gasteiger charge is -2.10. The fraction of sp³-hybridized carbons (Fsp3) is 0.333. The minimum Gasteiger partial charge on any atom is -0.493 e. The lowest BCUT2D eigenvalue weighted by molar-refractivity contribution is -0.118. The average Bonchev–Trinajstić information content (AvgIpc) is 2.60. The molecule has 0 unspecified atom stereocenters. The number of methoxy groups -OCH3 is 2. The highest BCUT2D eigenvalue weighted by Crippen LogP contribution is 2.27. The second-order valence-corrected chi connectivity index (χ2v) is 5.65. The van der Waals surface area contributed by atoms with E-state index in [0.717, 1.165) is 5.56 Å². The Hall–Kier alpha value is -2.55. The number of anilines is 1. The molecule has 3 N–H and O–H groups in total. The molecule has 2 aromatic rings. The Labute approximate surface area is 144 Å². The van der Waals surface area contributed by atoms with Gasteiger partial charge in [-0.25, -0.2) is 9.97 Å². The summed E-state index contributed by atoms with van der Waals surface area (Å²) in [6.45, 7) is 0.522. The summed E-state index contributed by atoms with van der Waals surface area (Å²) in [6, 6.07) is 5.68. The number of aromatic nitrogens is 3. The van der Waals surface area contributed by atoms with Crippen molar-refractivity contribution in [2.45, 2.75) is 11.6 Å². The number of amides is 1. The molecule has 128 valence electrons. The normalized spacial score (nSPS) is 10.2. The molecule has 1 aromatic heterocycles. The molecular weight excluding hydrogens is 330 g/mol. The molecule has 0 radical (unpaired) electrons. The van der Waals surface area contributed by atoms with Crippen LogP contribution in [0.4, 0.5) is 5.95 Å². The van der Waals surface area contributed by atoms with Crippen molar-refractivity contribution >= 4 is 23.6 Å². The van der Waals surface area contributed by atoms with Crippen LogP contribution >= 0.6 is 11.8 Å². The SMILES string of the molecule is COc1ccc(CCNC(=O)CSc2ncnc(N)n2)cc1OC. The molecule has 0 spiro atoms. The number of rotatable bonds is 8. The number of nitrogen functional groups attached to an aromatic ring is 1. The van der Waals surface area contributed by atoms with Crippen molar-refractivity contribution in [1.82, 2.24) is 20.3 Å². The highest BCUT2D eigenvalue weighted by molar-refractivity contribution is 7.99. The molecule has 0 aliphatic rings. The van der Waals surface area contributed by atoms with Crippen LogP contribution in [0.25, 0.3) is 0 Å². The molecule has 9 heteroatoms. The predicted molar refractivity (Wildman–Crippen MR) is 91.2 cm³/mol. The molecular formula is C15H19N5O3S. The number of nitrogens with two attached hydrogens (primary N) is 1. The molecule has 0 aliphatic carbocycles. The van der Waals surface area contributed by atoms with E-state index in [4.69, 9.17) is 15.2 Å². The summed E-state index contributed by atoms with van der Waals surface area (Å²) < 4.78 is 10.5. The number of benzene rings is 1. The number of carbonyl (C=O) groups excluding carboxylic acids is 1. The minimum atomic E-state index is -0.0977. The number of carbonyl (C=O) groups is 1. The van der Waals surface area contributed by atoms with Gasteiger partial charge < -0.3 is 20.5 Å². The van der Waals surface area contributed by atoms with Gasteiger partial charge in [0.05, 0.1) is 20.0 Å². The van der Waals surface area contributed by atoms with Crippen molar-refractivity contribution in [1.29, 1.82) is 0 Å². The van der Waals surface area contributed by atoms with Crippen molar-refractivity contribution < 1.29 is 14.3 Å². The summed E-state index contributed by atoms with van der Waals surface area (Å²) in [5.74, 6) is 1.61. The number of hydrogen-bond donors (Lipinski definition) is 2. The Morgan fingerprint density at radius 1 is 1.25 bits per heavy atom. The van der Waals surface area contributed by atoms with Crippen LogP contribution in [0.1, 0.15) is 5.56 Å². The van der Waals surface area contributed by atoms with Crippen molar-refractivity contribution in [3.05, 3.63) is 30.1 Å². The quantitative estimate of drug-likeness (QED) is 0.677. The van der Waals surface area contributed by atoms with E-state index >= 15 is 0 Å². The summed E-state index contributed by atoms with van der Waals surface area (Å²) in [4.78, 5) is 23.4. The molecule has 24 heavy (non-hydrogen) atoms. The molecule has 1 heterocycles. The Bertz CT molecular complexity index is 699. The Balaban J connectivity index is 1.76. The van der Waals surface area contributed by atoms with Crippen LogP contribution in [-0.4, -0.2) is 47.4 Å². The van der Waals surface area contributed by atoms with Gasteiger partial charge in [0.2, 0.25) is 11.9 Å². The first-order valence-corrected chi connectivity index (χ1v) is 8.16. The third kappa shape index (κ3) is 5.27. The van der Waals surface area contributed by atoms with Gasteiger partial charge in [0.1, 0.15) is 6.33 Å². The van der Waals surface area contributed by atoms with E-state index in [1.165, 1.54) is 18.1 Å². The van der Waals surface area contributed by atoms with Gasteiger partial charge in [0.15, 0.2) is 16.7 Å². The third-order valence-corrected chi connectivity index (χ3v) is 3.95. The van der Waals surface area contributed by atoms with Gasteiger partial charge in [0, 0.05) is 6.54 Å². The van der Waals surface area contributed by atoms with Gasteiger partial charge in [0.25, 0.3) is 0 Å². The molecule has 0 atom stereocenters. The second kappa shape index (κ2) is 8.92. The van der Waals surface area contributed by atoms with E-state index < -0.39 is 0 Å². The molecule has 2 rings (SSSR count). The number of nitrogens with zero attached hydrogens (tertiary/aromatic N) is 3. The van der Waals surface area contributed by atoms with Crippen LogP contribution in [0.5, 0.6) is 11.5 Å². The lowest BCUT2D eigenvalue weighted by atomic mass is 10.1. The topological polar surface area (TPSA) is 112 Å². The highest BCUT2D eigenvalue weighted by Gasteiger charge is 2.07. The Kier molecular flexibility index (Phi) is 6.62. The number of hydrogen-bond acceptors (Lipinski definition) is 8. The zero-order valence-electron chi connectivity index (χ0n) is 13.5. The molecule has 0 saturated carbocycles. The fourth-order valence-electron chi connectivity index (χ4n) is 1.93. The number of ether oxygens (including phenoxy) is 2. The number of thioether (sulfide) groups is 1. The van der Waals surface area contributed by atoms with E-state index in [9.17, 15) is 4.79 Å². The van der Waals surface area contributed by atoms with E-state index in [2.05, 4.69) is 20.3 Å². The zero-order valence-corrected chi connectivity index (χ0v) is 14.3. The van der Waals surface area contributed by atoms with Crippen LogP contribution in [-0.2, 0) is 11.2 Å². The van der Waals surface area contributed by atoms with Gasteiger partial charge in [-0.1, -0.05) is 17.8 Å². The van der Waals surface area contributed by atoms with Crippen LogP contribution < -0.4 is 20.5 Å². The highest BCUT2D eigenvalue weighted by atomic mass is 32.2. The summed E-state index contributed by atoms with van der Waals surface area (Å²) in [5, 5.41) is 3.28. The molecule has 0 saturated heterocycles. The molecule has 8 nitrogen and oxygen atoms in total. The molecule has 1 aromatic carbocycles. The largest absolute Gasteiger partial charge is 0.493 e. The van der Waals surface area contributed by atoms with Crippen LogP contribution in [0.2, 0.25) is 0 Å². The third-order valence-electron chi connectivity index (χ3n) is 3.08. The maximum absolute atomic E-state index is 11.8.